The third-order valence-electron chi connectivity index (χ3n) is 8.31. The minimum atomic E-state index is -1.44. The molecule has 0 aromatic carbocycles. The number of Topliss-reactive ketones (excluding diaryl/α,β-unsaturated/α-hetero) is 2. The molecule has 5 rings (SSSR count). The highest BCUT2D eigenvalue weighted by Crippen LogP contribution is 2.77. The average molecular weight is 462 g/mol. The summed E-state index contributed by atoms with van der Waals surface area (Å²) in [5.74, 6) is -1.08. The van der Waals surface area contributed by atoms with Crippen molar-refractivity contribution in [2.45, 2.75) is 70.9 Å². The molecule has 0 aromatic heterocycles. The van der Waals surface area contributed by atoms with E-state index in [1.807, 2.05) is 0 Å². The van der Waals surface area contributed by atoms with Crippen LogP contribution in [0.5, 0.6) is 0 Å². The first-order valence-electron chi connectivity index (χ1n) is 10.4. The Morgan fingerprint density at radius 1 is 0.536 bits per heavy atom. The molecule has 3 fully saturated rings. The van der Waals surface area contributed by atoms with Gasteiger partial charge in [-0.15, -0.1) is 46.4 Å². The van der Waals surface area contributed by atoms with Crippen LogP contribution < -0.4 is 0 Å². The second kappa shape index (κ2) is 6.25. The fraction of sp³-hybridized carbons (Fsp3) is 0.727. The van der Waals surface area contributed by atoms with Gasteiger partial charge in [0.1, 0.15) is 19.5 Å². The van der Waals surface area contributed by atoms with Gasteiger partial charge in [0, 0.05) is 0 Å². The Kier molecular flexibility index (Phi) is 4.44. The van der Waals surface area contributed by atoms with E-state index in [4.69, 9.17) is 46.4 Å². The van der Waals surface area contributed by atoms with Gasteiger partial charge in [-0.3, -0.25) is 9.59 Å². The summed E-state index contributed by atoms with van der Waals surface area (Å²) in [5.41, 5.74) is 0. The Balaban J connectivity index is 1.63. The van der Waals surface area contributed by atoms with Gasteiger partial charge in [-0.05, 0) is 75.0 Å². The molecular weight excluding hydrogens is 438 g/mol. The van der Waals surface area contributed by atoms with Crippen LogP contribution in [0.2, 0.25) is 0 Å². The van der Waals surface area contributed by atoms with Gasteiger partial charge in [-0.2, -0.15) is 0 Å². The van der Waals surface area contributed by atoms with E-state index < -0.39 is 19.5 Å². The standard InChI is InChI=1S/C22H24Cl4O2/c23-19-13-9-5-1-2-6-10-14(13)20(19,24)18(28)22(26)16-12-8-4-3-7-11-15(16)21(22,25)17(19)27/h1-4,13-16H,5-12H2/b2-1-,4-3-/t13-,14-,15-,16+,19-,20+,21-,22+/m0/s1. The predicted molar refractivity (Wildman–Crippen MR) is 114 cm³/mol. The Hall–Kier alpha value is -0.0200. The van der Waals surface area contributed by atoms with Crippen molar-refractivity contribution in [2.24, 2.45) is 23.7 Å². The van der Waals surface area contributed by atoms with Crippen LogP contribution in [0.25, 0.3) is 0 Å². The van der Waals surface area contributed by atoms with E-state index in [1.54, 1.807) is 0 Å². The summed E-state index contributed by atoms with van der Waals surface area (Å²) in [6.45, 7) is 0. The minimum absolute atomic E-state index is 0.127. The van der Waals surface area contributed by atoms with Gasteiger partial charge in [0.05, 0.1) is 0 Å². The van der Waals surface area contributed by atoms with Crippen molar-refractivity contribution >= 4 is 58.0 Å². The monoisotopic (exact) mass is 460 g/mol. The maximum atomic E-state index is 13.9. The number of allylic oxidation sites excluding steroid dienone is 4. The molecular formula is C22H24Cl4O2. The van der Waals surface area contributed by atoms with E-state index in [0.29, 0.717) is 0 Å². The van der Waals surface area contributed by atoms with Gasteiger partial charge < -0.3 is 0 Å². The molecule has 152 valence electrons. The highest BCUT2D eigenvalue weighted by molar-refractivity contribution is 6.65. The van der Waals surface area contributed by atoms with Crippen LogP contribution in [0.3, 0.4) is 0 Å². The number of carbonyl (C=O) groups is 2. The summed E-state index contributed by atoms with van der Waals surface area (Å²) in [5, 5.41) is 0. The second-order valence-electron chi connectivity index (χ2n) is 9.18. The lowest BCUT2D eigenvalue weighted by atomic mass is 9.36. The van der Waals surface area contributed by atoms with Crippen molar-refractivity contribution in [2.75, 3.05) is 0 Å². The molecule has 0 radical (unpaired) electrons. The zero-order valence-corrected chi connectivity index (χ0v) is 18.6. The quantitative estimate of drug-likeness (QED) is 0.337. The lowest BCUT2D eigenvalue weighted by molar-refractivity contribution is -0.173. The maximum absolute atomic E-state index is 13.9. The summed E-state index contributed by atoms with van der Waals surface area (Å²) in [7, 11) is 0. The first-order chi connectivity index (χ1) is 13.3. The van der Waals surface area contributed by atoms with Crippen molar-refractivity contribution in [3.8, 4) is 0 Å². The van der Waals surface area contributed by atoms with Crippen LogP contribution >= 0.6 is 46.4 Å². The maximum Gasteiger partial charge on any atom is 0.179 e. The fourth-order valence-corrected chi connectivity index (χ4v) is 9.68. The lowest BCUT2D eigenvalue weighted by Gasteiger charge is -2.75. The van der Waals surface area contributed by atoms with Crippen molar-refractivity contribution in [1.82, 2.24) is 0 Å². The normalized spacial score (nSPS) is 57.4. The fourth-order valence-electron chi connectivity index (χ4n) is 7.03. The number of fused-ring (bicyclic) bond motifs is 8. The SMILES string of the molecule is O=C1[C@@]2(Cl)[C@H]3CC/C=C\CC[C@H]3[C@@]2(Cl)C(=O)[C@]2(Cl)[C@H]3CC/C=C\CC[C@@H]3[C@]12Cl. The van der Waals surface area contributed by atoms with E-state index in [-0.39, 0.29) is 35.2 Å². The van der Waals surface area contributed by atoms with E-state index in [9.17, 15) is 9.59 Å². The number of alkyl halides is 4. The summed E-state index contributed by atoms with van der Waals surface area (Å²) in [4.78, 5) is 22.1. The van der Waals surface area contributed by atoms with E-state index in [2.05, 4.69) is 24.3 Å². The molecule has 0 unspecified atom stereocenters. The van der Waals surface area contributed by atoms with Crippen LogP contribution in [0.4, 0.5) is 0 Å². The third kappa shape index (κ3) is 1.92. The second-order valence-corrected chi connectivity index (χ2v) is 11.6. The molecule has 3 saturated carbocycles. The average Bonchev–Trinajstić information content (AvgIpc) is 2.64. The lowest BCUT2D eigenvalue weighted by Crippen LogP contribution is -2.93. The zero-order valence-electron chi connectivity index (χ0n) is 15.6. The molecule has 0 heterocycles. The molecule has 0 bridgehead atoms. The Morgan fingerprint density at radius 2 is 0.750 bits per heavy atom. The van der Waals surface area contributed by atoms with E-state index in [1.165, 1.54) is 0 Å². The van der Waals surface area contributed by atoms with Crippen LogP contribution in [-0.2, 0) is 9.59 Å². The van der Waals surface area contributed by atoms with Crippen LogP contribution in [0.15, 0.2) is 24.3 Å². The summed E-state index contributed by atoms with van der Waals surface area (Å²) in [6, 6.07) is 0. The Bertz CT molecular complexity index is 682. The molecule has 0 saturated heterocycles. The predicted octanol–water partition coefficient (Wildman–Crippen LogP) is 5.80. The van der Waals surface area contributed by atoms with Crippen molar-refractivity contribution in [3.63, 3.8) is 0 Å². The molecule has 5 aliphatic carbocycles. The van der Waals surface area contributed by atoms with Gasteiger partial charge in [0.25, 0.3) is 0 Å². The van der Waals surface area contributed by atoms with Crippen LogP contribution in [0.1, 0.15) is 51.4 Å². The largest absolute Gasteiger partial charge is 0.296 e. The molecule has 5 aliphatic rings. The van der Waals surface area contributed by atoms with Gasteiger partial charge in [-0.25, -0.2) is 0 Å². The number of halogens is 4. The number of hydrogen-bond donors (Lipinski definition) is 0. The number of ketones is 2. The molecule has 0 aromatic rings. The zero-order chi connectivity index (χ0) is 19.9. The first kappa shape index (κ1) is 19.9. The van der Waals surface area contributed by atoms with Gasteiger partial charge >= 0.3 is 0 Å². The highest BCUT2D eigenvalue weighted by Gasteiger charge is 2.92. The van der Waals surface area contributed by atoms with Crippen molar-refractivity contribution < 1.29 is 9.59 Å². The molecule has 2 nitrogen and oxygen atoms in total. The van der Waals surface area contributed by atoms with Gasteiger partial charge in [0.15, 0.2) is 11.6 Å². The molecule has 6 heteroatoms. The molecule has 8 atom stereocenters. The summed E-state index contributed by atoms with van der Waals surface area (Å²) in [6.07, 6.45) is 14.8. The summed E-state index contributed by atoms with van der Waals surface area (Å²) >= 11 is 28.2. The molecule has 0 amide bonds. The van der Waals surface area contributed by atoms with Crippen molar-refractivity contribution in [3.05, 3.63) is 24.3 Å². The number of hydrogen-bond acceptors (Lipinski definition) is 2. The number of carbonyl (C=O) groups excluding carboxylic acids is 2. The third-order valence-corrected chi connectivity index (χ3v) is 11.5. The minimum Gasteiger partial charge on any atom is -0.296 e. The molecule has 0 spiro atoms. The van der Waals surface area contributed by atoms with Crippen molar-refractivity contribution in [1.29, 1.82) is 0 Å². The van der Waals surface area contributed by atoms with E-state index >= 15 is 0 Å². The smallest absolute Gasteiger partial charge is 0.179 e. The first-order valence-corrected chi connectivity index (χ1v) is 11.9. The van der Waals surface area contributed by atoms with Gasteiger partial charge in [-0.1, -0.05) is 24.3 Å². The van der Waals surface area contributed by atoms with Crippen LogP contribution in [-0.4, -0.2) is 31.1 Å². The van der Waals surface area contributed by atoms with Gasteiger partial charge in [0.2, 0.25) is 0 Å². The highest BCUT2D eigenvalue weighted by atomic mass is 35.5. The number of rotatable bonds is 0. The van der Waals surface area contributed by atoms with E-state index in [0.717, 1.165) is 51.4 Å². The topological polar surface area (TPSA) is 34.1 Å². The Labute approximate surface area is 186 Å². The summed E-state index contributed by atoms with van der Waals surface area (Å²) < 4.78 is 0. The van der Waals surface area contributed by atoms with Crippen LogP contribution in [0, 0.1) is 23.7 Å². The Morgan fingerprint density at radius 3 is 0.964 bits per heavy atom. The molecule has 28 heavy (non-hydrogen) atoms. The molecule has 0 aliphatic heterocycles. The molecule has 0 N–H and O–H groups in total.